The molecule has 0 unspecified atom stereocenters. The van der Waals surface area contributed by atoms with Crippen LogP contribution in [0.2, 0.25) is 0 Å². The van der Waals surface area contributed by atoms with Crippen LogP contribution in [0, 0.1) is 5.41 Å². The van der Waals surface area contributed by atoms with Crippen molar-refractivity contribution in [3.05, 3.63) is 57.7 Å². The maximum atomic E-state index is 13.1. The lowest BCUT2D eigenvalue weighted by molar-refractivity contribution is -0.141. The van der Waals surface area contributed by atoms with Gasteiger partial charge in [-0.25, -0.2) is 0 Å². The quantitative estimate of drug-likeness (QED) is 0.506. The van der Waals surface area contributed by atoms with Crippen LogP contribution in [-0.4, -0.2) is 15.1 Å². The zero-order chi connectivity index (χ0) is 24.6. The van der Waals surface area contributed by atoms with E-state index in [1.54, 1.807) is 0 Å². The molecule has 0 amide bonds. The highest BCUT2D eigenvalue weighted by Gasteiger charge is 2.53. The van der Waals surface area contributed by atoms with Gasteiger partial charge in [-0.1, -0.05) is 53.5 Å². The van der Waals surface area contributed by atoms with Gasteiger partial charge in [0.2, 0.25) is 0 Å². The van der Waals surface area contributed by atoms with E-state index in [0.29, 0.717) is 12.0 Å². The van der Waals surface area contributed by atoms with Crippen LogP contribution in [0.5, 0.6) is 0 Å². The van der Waals surface area contributed by atoms with Gasteiger partial charge in [0.25, 0.3) is 0 Å². The topological polar surface area (TPSA) is 55.2 Å². The lowest BCUT2D eigenvalue weighted by atomic mass is 9.65. The molecule has 0 radical (unpaired) electrons. The number of fused-ring (bicyclic) bond motifs is 4. The Morgan fingerprint density at radius 2 is 1.79 bits per heavy atom. The lowest BCUT2D eigenvalue weighted by Crippen LogP contribution is -2.34. The molecule has 1 spiro atoms. The molecule has 4 nitrogen and oxygen atoms in total. The van der Waals surface area contributed by atoms with Gasteiger partial charge in [0, 0.05) is 34.5 Å². The smallest absolute Gasteiger partial charge is 0.388 e. The Kier molecular flexibility index (Phi) is 5.41. The number of aromatic nitrogens is 2. The van der Waals surface area contributed by atoms with E-state index in [-0.39, 0.29) is 17.3 Å². The number of pyridine rings is 2. The number of hydrogen-bond acceptors (Lipinski definition) is 4. The predicted molar refractivity (Wildman–Crippen MR) is 122 cm³/mol. The molecule has 3 aliphatic rings. The monoisotopic (exact) mass is 474 g/mol. The summed E-state index contributed by atoms with van der Waals surface area (Å²) in [7, 11) is 0. The highest BCUT2D eigenvalue weighted by Crippen LogP contribution is 2.61. The minimum Gasteiger partial charge on any atom is -0.388 e. The van der Waals surface area contributed by atoms with Crippen molar-refractivity contribution in [2.75, 3.05) is 0 Å². The average molecular weight is 475 g/mol. The van der Waals surface area contributed by atoms with Gasteiger partial charge in [-0.2, -0.15) is 13.2 Å². The number of halogens is 3. The molecule has 0 bridgehead atoms. The fraction of sp³-hybridized carbons (Fsp3) is 0.630. The largest absolute Gasteiger partial charge is 0.433 e. The second-order valence-corrected chi connectivity index (χ2v) is 11.3. The molecule has 3 heterocycles. The third kappa shape index (κ3) is 3.49. The summed E-state index contributed by atoms with van der Waals surface area (Å²) in [5, 5.41) is 11.4. The van der Waals surface area contributed by atoms with E-state index >= 15 is 0 Å². The van der Waals surface area contributed by atoms with Crippen LogP contribution in [0.1, 0.15) is 130 Å². The molecule has 0 aromatic carbocycles. The standard InChI is InChI=1S/C27H33F3N2O2/c1-14(2)22-20-21(19-17(33)12-25(4,5)15(3)23(19)32-22)26(10-6-7-11-26)34-24(20)16-8-9-18(31-13-16)27(28,29)30/h8-9,13-15,17,24,33H,6-7,10-12H2,1-5H3/t15-,17-,24+/m0/s1. The molecule has 1 saturated carbocycles. The summed E-state index contributed by atoms with van der Waals surface area (Å²) in [4.78, 5) is 8.87. The maximum Gasteiger partial charge on any atom is 0.433 e. The van der Waals surface area contributed by atoms with E-state index in [1.807, 2.05) is 0 Å². The lowest BCUT2D eigenvalue weighted by Gasteiger charge is -2.42. The van der Waals surface area contributed by atoms with E-state index in [9.17, 15) is 18.3 Å². The Balaban J connectivity index is 1.76. The zero-order valence-electron chi connectivity index (χ0n) is 20.5. The van der Waals surface area contributed by atoms with Crippen molar-refractivity contribution in [2.24, 2.45) is 5.41 Å². The summed E-state index contributed by atoms with van der Waals surface area (Å²) in [5.41, 5.74) is 3.80. The molecule has 34 heavy (non-hydrogen) atoms. The van der Waals surface area contributed by atoms with Crippen molar-refractivity contribution in [3.8, 4) is 0 Å². The highest BCUT2D eigenvalue weighted by molar-refractivity contribution is 5.55. The summed E-state index contributed by atoms with van der Waals surface area (Å²) in [6.45, 7) is 10.7. The van der Waals surface area contributed by atoms with Crippen LogP contribution >= 0.6 is 0 Å². The molecule has 3 atom stereocenters. The fourth-order valence-electron chi connectivity index (χ4n) is 6.28. The summed E-state index contributed by atoms with van der Waals surface area (Å²) < 4.78 is 46.2. The Labute approximate surface area is 199 Å². The van der Waals surface area contributed by atoms with Gasteiger partial charge in [-0.3, -0.25) is 9.97 Å². The minimum absolute atomic E-state index is 0.0958. The van der Waals surface area contributed by atoms with Gasteiger partial charge < -0.3 is 9.84 Å². The van der Waals surface area contributed by atoms with E-state index in [4.69, 9.17) is 9.72 Å². The van der Waals surface area contributed by atoms with E-state index in [0.717, 1.165) is 59.8 Å². The van der Waals surface area contributed by atoms with Crippen molar-refractivity contribution in [1.29, 1.82) is 0 Å². The van der Waals surface area contributed by atoms with Crippen LogP contribution in [-0.2, 0) is 16.5 Å². The normalized spacial score (nSPS) is 27.3. The number of nitrogens with zero attached hydrogens (tertiary/aromatic N) is 2. The summed E-state index contributed by atoms with van der Waals surface area (Å²) >= 11 is 0. The summed E-state index contributed by atoms with van der Waals surface area (Å²) in [6.07, 6.45) is -0.0475. The molecule has 5 rings (SSSR count). The third-order valence-electron chi connectivity index (χ3n) is 8.37. The average Bonchev–Trinajstić information content (AvgIpc) is 3.36. The molecule has 7 heteroatoms. The van der Waals surface area contributed by atoms with E-state index in [1.165, 1.54) is 12.3 Å². The Morgan fingerprint density at radius 1 is 1.12 bits per heavy atom. The van der Waals surface area contributed by atoms with E-state index in [2.05, 4.69) is 39.6 Å². The van der Waals surface area contributed by atoms with E-state index < -0.39 is 29.7 Å². The van der Waals surface area contributed by atoms with Crippen molar-refractivity contribution in [2.45, 2.75) is 103 Å². The molecule has 1 fully saturated rings. The molecule has 2 aliphatic carbocycles. The van der Waals surface area contributed by atoms with Crippen molar-refractivity contribution in [1.82, 2.24) is 9.97 Å². The SMILES string of the molecule is CC(C)c1nc2c(c3c1[C@@H](c1ccc(C(F)(F)F)nc1)OC31CCCC1)[C@@H](O)CC(C)(C)[C@H]2C. The molecule has 2 aromatic heterocycles. The maximum absolute atomic E-state index is 13.1. The number of hydrogen-bond donors (Lipinski definition) is 1. The summed E-state index contributed by atoms with van der Waals surface area (Å²) in [5.74, 6) is 0.262. The fourth-order valence-corrected chi connectivity index (χ4v) is 6.28. The molecule has 184 valence electrons. The minimum atomic E-state index is -4.49. The zero-order valence-corrected chi connectivity index (χ0v) is 20.5. The Bertz CT molecular complexity index is 1100. The third-order valence-corrected chi connectivity index (χ3v) is 8.37. The second-order valence-electron chi connectivity index (χ2n) is 11.3. The van der Waals surface area contributed by atoms with Crippen LogP contribution in [0.3, 0.4) is 0 Å². The van der Waals surface area contributed by atoms with Gasteiger partial charge in [-0.05, 0) is 42.2 Å². The number of alkyl halides is 3. The molecule has 1 aliphatic heterocycles. The van der Waals surface area contributed by atoms with Crippen LogP contribution in [0.25, 0.3) is 0 Å². The van der Waals surface area contributed by atoms with Crippen LogP contribution in [0.15, 0.2) is 18.3 Å². The number of aliphatic hydroxyl groups excluding tert-OH is 1. The van der Waals surface area contributed by atoms with Gasteiger partial charge in [0.05, 0.1) is 17.4 Å². The first-order valence-corrected chi connectivity index (χ1v) is 12.3. The Morgan fingerprint density at radius 3 is 2.35 bits per heavy atom. The molecular formula is C27H33F3N2O2. The van der Waals surface area contributed by atoms with Crippen molar-refractivity contribution >= 4 is 0 Å². The van der Waals surface area contributed by atoms with Gasteiger partial charge in [-0.15, -0.1) is 0 Å². The molecular weight excluding hydrogens is 441 g/mol. The Hall–Kier alpha value is -1.99. The second kappa shape index (κ2) is 7.76. The first kappa shape index (κ1) is 23.7. The molecule has 1 N–H and O–H groups in total. The molecule has 2 aromatic rings. The van der Waals surface area contributed by atoms with Crippen LogP contribution in [0.4, 0.5) is 13.2 Å². The summed E-state index contributed by atoms with van der Waals surface area (Å²) in [6, 6.07) is 2.50. The van der Waals surface area contributed by atoms with Gasteiger partial charge in [0.1, 0.15) is 11.8 Å². The van der Waals surface area contributed by atoms with Crippen molar-refractivity contribution in [3.63, 3.8) is 0 Å². The van der Waals surface area contributed by atoms with Crippen LogP contribution < -0.4 is 0 Å². The van der Waals surface area contributed by atoms with Gasteiger partial charge >= 0.3 is 6.18 Å². The van der Waals surface area contributed by atoms with Gasteiger partial charge in [0.15, 0.2) is 0 Å². The predicted octanol–water partition coefficient (Wildman–Crippen LogP) is 7.07. The highest BCUT2D eigenvalue weighted by atomic mass is 19.4. The first-order valence-electron chi connectivity index (χ1n) is 12.3. The number of ether oxygens (including phenoxy) is 1. The number of rotatable bonds is 2. The molecule has 0 saturated heterocycles. The first-order chi connectivity index (χ1) is 15.9. The van der Waals surface area contributed by atoms with Crippen molar-refractivity contribution < 1.29 is 23.0 Å². The number of aliphatic hydroxyl groups is 1.